The third-order valence-corrected chi connectivity index (χ3v) is 4.54. The van der Waals surface area contributed by atoms with Gasteiger partial charge in [-0.25, -0.2) is 9.37 Å². The van der Waals surface area contributed by atoms with E-state index in [0.717, 1.165) is 5.56 Å². The Morgan fingerprint density at radius 1 is 1.36 bits per heavy atom. The number of hydrogen-bond donors (Lipinski definition) is 1. The number of imidazole rings is 1. The molecule has 2 heterocycles. The molecule has 7 heteroatoms. The van der Waals surface area contributed by atoms with E-state index in [0.29, 0.717) is 27.6 Å². The Kier molecular flexibility index (Phi) is 3.89. The highest BCUT2D eigenvalue weighted by Gasteiger charge is 2.14. The smallest absolute Gasteiger partial charge is 0.197 e. The molecule has 0 saturated carbocycles. The number of benzene rings is 1. The largest absolute Gasteiger partial charge is 0.496 e. The average molecular weight is 319 g/mol. The SMILES string of the molecule is COc1ccnc(CS(=O)c2nc3ccc(F)cc3[nH]2)c1C. The number of hydrogen-bond acceptors (Lipinski definition) is 4. The molecule has 1 atom stereocenters. The normalized spacial score (nSPS) is 12.5. The van der Waals surface area contributed by atoms with Gasteiger partial charge in [0.05, 0.1) is 40.4 Å². The molecule has 2 aromatic heterocycles. The lowest BCUT2D eigenvalue weighted by molar-refractivity contribution is 0.410. The van der Waals surface area contributed by atoms with E-state index in [9.17, 15) is 8.60 Å². The van der Waals surface area contributed by atoms with Gasteiger partial charge in [0.25, 0.3) is 0 Å². The van der Waals surface area contributed by atoms with Crippen molar-refractivity contribution in [1.29, 1.82) is 0 Å². The second-order valence-corrected chi connectivity index (χ2v) is 6.14. The maximum Gasteiger partial charge on any atom is 0.197 e. The summed E-state index contributed by atoms with van der Waals surface area (Å²) >= 11 is 0. The molecule has 22 heavy (non-hydrogen) atoms. The molecule has 114 valence electrons. The Morgan fingerprint density at radius 2 is 2.18 bits per heavy atom. The minimum Gasteiger partial charge on any atom is -0.496 e. The zero-order valence-electron chi connectivity index (χ0n) is 12.1. The van der Waals surface area contributed by atoms with Crippen LogP contribution in [0.4, 0.5) is 4.39 Å². The number of fused-ring (bicyclic) bond motifs is 1. The number of halogens is 1. The molecule has 1 N–H and O–H groups in total. The molecule has 0 amide bonds. The number of pyridine rings is 1. The van der Waals surface area contributed by atoms with Gasteiger partial charge in [-0.15, -0.1) is 0 Å². The molecule has 0 aliphatic rings. The molecule has 0 spiro atoms. The van der Waals surface area contributed by atoms with Crippen molar-refractivity contribution in [3.8, 4) is 5.75 Å². The summed E-state index contributed by atoms with van der Waals surface area (Å²) in [6, 6.07) is 5.96. The minimum atomic E-state index is -1.40. The van der Waals surface area contributed by atoms with E-state index < -0.39 is 10.8 Å². The highest BCUT2D eigenvalue weighted by Crippen LogP contribution is 2.22. The average Bonchev–Trinajstić information content (AvgIpc) is 2.92. The predicted molar refractivity (Wildman–Crippen MR) is 81.7 cm³/mol. The summed E-state index contributed by atoms with van der Waals surface area (Å²) in [7, 11) is 0.179. The van der Waals surface area contributed by atoms with E-state index >= 15 is 0 Å². The second-order valence-electron chi connectivity index (χ2n) is 4.78. The number of rotatable bonds is 4. The fraction of sp³-hybridized carbons (Fsp3) is 0.200. The van der Waals surface area contributed by atoms with Crippen LogP contribution in [0.15, 0.2) is 35.6 Å². The maximum absolute atomic E-state index is 13.2. The summed E-state index contributed by atoms with van der Waals surface area (Å²) in [5, 5.41) is 0.310. The number of H-pyrrole nitrogens is 1. The number of methoxy groups -OCH3 is 1. The van der Waals surface area contributed by atoms with E-state index in [1.807, 2.05) is 6.92 Å². The van der Waals surface area contributed by atoms with Crippen molar-refractivity contribution in [3.63, 3.8) is 0 Å². The van der Waals surface area contributed by atoms with Crippen molar-refractivity contribution < 1.29 is 13.3 Å². The molecule has 0 saturated heterocycles. The van der Waals surface area contributed by atoms with Crippen LogP contribution >= 0.6 is 0 Å². The van der Waals surface area contributed by atoms with E-state index in [2.05, 4.69) is 15.0 Å². The molecule has 0 fully saturated rings. The minimum absolute atomic E-state index is 0.214. The number of aromatic amines is 1. The zero-order chi connectivity index (χ0) is 15.7. The van der Waals surface area contributed by atoms with Gasteiger partial charge in [0, 0.05) is 11.8 Å². The second kappa shape index (κ2) is 5.84. The van der Waals surface area contributed by atoms with Crippen LogP contribution in [-0.4, -0.2) is 26.3 Å². The molecule has 3 rings (SSSR count). The van der Waals surface area contributed by atoms with Gasteiger partial charge in [0.1, 0.15) is 11.6 Å². The molecule has 0 bridgehead atoms. The fourth-order valence-corrected chi connectivity index (χ4v) is 3.28. The van der Waals surface area contributed by atoms with E-state index in [1.165, 1.54) is 12.1 Å². The molecular formula is C15H14FN3O2S. The van der Waals surface area contributed by atoms with Gasteiger partial charge in [-0.2, -0.15) is 0 Å². The Hall–Kier alpha value is -2.28. The van der Waals surface area contributed by atoms with Crippen molar-refractivity contribution in [1.82, 2.24) is 15.0 Å². The van der Waals surface area contributed by atoms with E-state index in [-0.39, 0.29) is 11.6 Å². The van der Waals surface area contributed by atoms with Gasteiger partial charge in [-0.1, -0.05) is 0 Å². The molecule has 1 unspecified atom stereocenters. The maximum atomic E-state index is 13.2. The molecule has 0 aliphatic carbocycles. The quantitative estimate of drug-likeness (QED) is 0.803. The molecule has 0 aliphatic heterocycles. The fourth-order valence-electron chi connectivity index (χ4n) is 2.18. The molecular weight excluding hydrogens is 305 g/mol. The topological polar surface area (TPSA) is 67.9 Å². The van der Waals surface area contributed by atoms with Crippen molar-refractivity contribution in [2.24, 2.45) is 0 Å². The summed E-state index contributed by atoms with van der Waals surface area (Å²) in [4.78, 5) is 11.4. The number of nitrogens with zero attached hydrogens (tertiary/aromatic N) is 2. The van der Waals surface area contributed by atoms with Gasteiger partial charge in [-0.3, -0.25) is 9.19 Å². The summed E-state index contributed by atoms with van der Waals surface area (Å²) in [6.07, 6.45) is 1.62. The van der Waals surface area contributed by atoms with Crippen LogP contribution in [0, 0.1) is 12.7 Å². The Morgan fingerprint density at radius 3 is 2.95 bits per heavy atom. The summed E-state index contributed by atoms with van der Waals surface area (Å²) in [5.74, 6) is 0.554. The number of ether oxygens (including phenoxy) is 1. The van der Waals surface area contributed by atoms with Crippen LogP contribution in [0.2, 0.25) is 0 Å². The lowest BCUT2D eigenvalue weighted by Crippen LogP contribution is -2.03. The van der Waals surface area contributed by atoms with E-state index in [4.69, 9.17) is 4.74 Å². The lowest BCUT2D eigenvalue weighted by Gasteiger charge is -2.08. The molecule has 0 radical (unpaired) electrons. The first-order chi connectivity index (χ1) is 10.6. The van der Waals surface area contributed by atoms with Gasteiger partial charge < -0.3 is 9.72 Å². The highest BCUT2D eigenvalue weighted by atomic mass is 32.2. The van der Waals surface area contributed by atoms with Crippen LogP contribution in [-0.2, 0) is 16.6 Å². The van der Waals surface area contributed by atoms with Gasteiger partial charge in [0.2, 0.25) is 0 Å². The van der Waals surface area contributed by atoms with Gasteiger partial charge in [-0.05, 0) is 31.2 Å². The Balaban J connectivity index is 1.90. The summed E-state index contributed by atoms with van der Waals surface area (Å²) < 4.78 is 30.9. The van der Waals surface area contributed by atoms with Crippen molar-refractivity contribution in [3.05, 3.63) is 47.5 Å². The standard InChI is InChI=1S/C15H14FN3O2S/c1-9-13(17-6-5-14(9)21-2)8-22(20)15-18-11-4-3-10(16)7-12(11)19-15/h3-7H,8H2,1-2H3,(H,18,19). The highest BCUT2D eigenvalue weighted by molar-refractivity contribution is 7.84. The molecule has 1 aromatic carbocycles. The van der Waals surface area contributed by atoms with Gasteiger partial charge >= 0.3 is 0 Å². The monoisotopic (exact) mass is 319 g/mol. The van der Waals surface area contributed by atoms with Crippen LogP contribution in [0.25, 0.3) is 11.0 Å². The summed E-state index contributed by atoms with van der Waals surface area (Å²) in [6.45, 7) is 1.87. The first-order valence-electron chi connectivity index (χ1n) is 6.60. The first kappa shape index (κ1) is 14.6. The Labute approximate surface area is 129 Å². The third kappa shape index (κ3) is 2.71. The van der Waals surface area contributed by atoms with Crippen LogP contribution in [0.5, 0.6) is 5.75 Å². The van der Waals surface area contributed by atoms with Crippen molar-refractivity contribution in [2.75, 3.05) is 7.11 Å². The Bertz CT molecular complexity index is 863. The first-order valence-corrected chi connectivity index (χ1v) is 7.92. The third-order valence-electron chi connectivity index (χ3n) is 3.38. The van der Waals surface area contributed by atoms with Crippen LogP contribution in [0.1, 0.15) is 11.3 Å². The number of nitrogens with one attached hydrogen (secondary N) is 1. The lowest BCUT2D eigenvalue weighted by atomic mass is 10.2. The van der Waals surface area contributed by atoms with Crippen molar-refractivity contribution in [2.45, 2.75) is 17.8 Å². The van der Waals surface area contributed by atoms with E-state index in [1.54, 1.807) is 25.4 Å². The van der Waals surface area contributed by atoms with Crippen LogP contribution in [0.3, 0.4) is 0 Å². The zero-order valence-corrected chi connectivity index (χ0v) is 12.9. The predicted octanol–water partition coefficient (Wildman–Crippen LogP) is 2.72. The van der Waals surface area contributed by atoms with Crippen molar-refractivity contribution >= 4 is 21.8 Å². The van der Waals surface area contributed by atoms with Gasteiger partial charge in [0.15, 0.2) is 5.16 Å². The molecule has 5 nitrogen and oxygen atoms in total. The van der Waals surface area contributed by atoms with Crippen LogP contribution < -0.4 is 4.74 Å². The number of aromatic nitrogens is 3. The molecule has 3 aromatic rings. The summed E-state index contributed by atoms with van der Waals surface area (Å²) in [5.41, 5.74) is 2.64.